The van der Waals surface area contributed by atoms with E-state index in [0.717, 1.165) is 42.7 Å². The highest BCUT2D eigenvalue weighted by Gasteiger charge is 2.32. The number of carbonyl (C=O) groups excluding carboxylic acids is 2. The Morgan fingerprint density at radius 2 is 1.72 bits per heavy atom. The lowest BCUT2D eigenvalue weighted by Crippen LogP contribution is -2.53. The van der Waals surface area contributed by atoms with Crippen LogP contribution < -0.4 is 19.1 Å². The van der Waals surface area contributed by atoms with E-state index < -0.39 is 28.5 Å². The van der Waals surface area contributed by atoms with Gasteiger partial charge in [0.05, 0.1) is 11.9 Å². The first-order valence-electron chi connectivity index (χ1n) is 12.9. The van der Waals surface area contributed by atoms with E-state index in [9.17, 15) is 18.0 Å². The Bertz CT molecular complexity index is 1320. The predicted molar refractivity (Wildman–Crippen MR) is 151 cm³/mol. The van der Waals surface area contributed by atoms with Gasteiger partial charge in [0.1, 0.15) is 25.8 Å². The van der Waals surface area contributed by atoms with Crippen molar-refractivity contribution in [1.82, 2.24) is 10.2 Å². The van der Waals surface area contributed by atoms with Crippen molar-refractivity contribution in [2.24, 2.45) is 0 Å². The summed E-state index contributed by atoms with van der Waals surface area (Å²) in [6, 6.07) is 8.76. The van der Waals surface area contributed by atoms with Crippen molar-refractivity contribution in [3.63, 3.8) is 0 Å². The third kappa shape index (κ3) is 7.49. The Balaban J connectivity index is 1.61. The molecule has 1 heterocycles. The Morgan fingerprint density at radius 1 is 1.03 bits per heavy atom. The van der Waals surface area contributed by atoms with E-state index in [1.54, 1.807) is 37.3 Å². The topological polar surface area (TPSA) is 105 Å². The minimum absolute atomic E-state index is 0.00711. The third-order valence-corrected chi connectivity index (χ3v) is 8.70. The summed E-state index contributed by atoms with van der Waals surface area (Å²) in [5, 5.41) is 3.84. The van der Waals surface area contributed by atoms with Crippen LogP contribution in [0.1, 0.15) is 44.6 Å². The van der Waals surface area contributed by atoms with E-state index in [2.05, 4.69) is 5.32 Å². The zero-order valence-electron chi connectivity index (χ0n) is 22.0. The van der Waals surface area contributed by atoms with Gasteiger partial charge in [0.15, 0.2) is 11.5 Å². The van der Waals surface area contributed by atoms with Gasteiger partial charge in [-0.25, -0.2) is 8.42 Å². The van der Waals surface area contributed by atoms with Crippen LogP contribution in [0.4, 0.5) is 5.69 Å². The fourth-order valence-corrected chi connectivity index (χ4v) is 6.10. The summed E-state index contributed by atoms with van der Waals surface area (Å²) in [4.78, 5) is 28.4. The number of sulfonamides is 1. The number of halogens is 2. The number of anilines is 1. The van der Waals surface area contributed by atoms with Gasteiger partial charge in [-0.05, 0) is 49.6 Å². The van der Waals surface area contributed by atoms with Crippen molar-refractivity contribution in [2.45, 2.75) is 57.7 Å². The summed E-state index contributed by atoms with van der Waals surface area (Å²) in [5.74, 6) is 0.0277. The van der Waals surface area contributed by atoms with Crippen LogP contribution in [0.2, 0.25) is 10.0 Å². The molecule has 1 fully saturated rings. The number of amides is 2. The summed E-state index contributed by atoms with van der Waals surface area (Å²) in [6.45, 7) is 1.83. The molecule has 1 atom stereocenters. The number of ether oxygens (including phenoxy) is 2. The van der Waals surface area contributed by atoms with Gasteiger partial charge in [0, 0.05) is 28.7 Å². The molecule has 1 saturated carbocycles. The van der Waals surface area contributed by atoms with E-state index in [-0.39, 0.29) is 24.2 Å². The molecule has 1 aliphatic heterocycles. The molecule has 0 spiro atoms. The molecule has 0 radical (unpaired) electrons. The average molecular weight is 599 g/mol. The highest BCUT2D eigenvalue weighted by molar-refractivity contribution is 7.92. The summed E-state index contributed by atoms with van der Waals surface area (Å²) in [7, 11) is -3.88. The van der Waals surface area contributed by atoms with E-state index in [1.807, 2.05) is 0 Å². The van der Waals surface area contributed by atoms with Crippen molar-refractivity contribution in [1.29, 1.82) is 0 Å². The second kappa shape index (κ2) is 12.7. The standard InChI is InChI=1S/C27H33Cl2N3O6S/c1-18(27(34)30-21-6-4-3-5-7-21)31(16-19-8-9-20(28)14-23(19)29)26(33)17-32(39(2,35)36)22-10-11-24-25(15-22)38-13-12-37-24/h8-11,14-15,18,21H,3-7,12-13,16-17H2,1-2H3,(H,30,34)/t18-/m1/s1. The van der Waals surface area contributed by atoms with Crippen LogP contribution in [0.15, 0.2) is 36.4 Å². The number of hydrogen-bond donors (Lipinski definition) is 1. The molecule has 2 aromatic carbocycles. The molecule has 0 aromatic heterocycles. The first-order valence-corrected chi connectivity index (χ1v) is 15.5. The van der Waals surface area contributed by atoms with Crippen molar-refractivity contribution >= 4 is 50.7 Å². The van der Waals surface area contributed by atoms with Crippen LogP contribution in [0.3, 0.4) is 0 Å². The molecular formula is C27H33Cl2N3O6S. The van der Waals surface area contributed by atoms with Crippen LogP contribution in [0.5, 0.6) is 11.5 Å². The normalized spacial score (nSPS) is 16.3. The Morgan fingerprint density at radius 3 is 2.38 bits per heavy atom. The molecule has 2 aromatic rings. The summed E-state index contributed by atoms with van der Waals surface area (Å²) in [5.41, 5.74) is 0.829. The zero-order chi connectivity index (χ0) is 28.2. The van der Waals surface area contributed by atoms with Crippen LogP contribution in [0, 0.1) is 0 Å². The van der Waals surface area contributed by atoms with Gasteiger partial charge in [-0.3, -0.25) is 13.9 Å². The largest absolute Gasteiger partial charge is 0.486 e. The molecule has 212 valence electrons. The third-order valence-electron chi connectivity index (χ3n) is 6.97. The van der Waals surface area contributed by atoms with E-state index in [1.165, 1.54) is 11.0 Å². The van der Waals surface area contributed by atoms with Gasteiger partial charge in [0.25, 0.3) is 0 Å². The van der Waals surface area contributed by atoms with Crippen LogP contribution in [0.25, 0.3) is 0 Å². The molecule has 1 N–H and O–H groups in total. The lowest BCUT2D eigenvalue weighted by atomic mass is 9.95. The zero-order valence-corrected chi connectivity index (χ0v) is 24.3. The minimum Gasteiger partial charge on any atom is -0.486 e. The molecule has 4 rings (SSSR count). The monoisotopic (exact) mass is 597 g/mol. The van der Waals surface area contributed by atoms with Gasteiger partial charge in [-0.2, -0.15) is 0 Å². The Hall–Kier alpha value is -2.69. The molecule has 2 aliphatic rings. The Labute approximate surface area is 239 Å². The molecule has 39 heavy (non-hydrogen) atoms. The first-order chi connectivity index (χ1) is 18.5. The molecule has 1 aliphatic carbocycles. The average Bonchev–Trinajstić information content (AvgIpc) is 2.90. The van der Waals surface area contributed by atoms with Crippen molar-refractivity contribution < 1.29 is 27.5 Å². The van der Waals surface area contributed by atoms with E-state index >= 15 is 0 Å². The maximum Gasteiger partial charge on any atom is 0.244 e. The van der Waals surface area contributed by atoms with E-state index in [0.29, 0.717) is 40.3 Å². The van der Waals surface area contributed by atoms with Crippen LogP contribution in [-0.4, -0.2) is 63.2 Å². The summed E-state index contributed by atoms with van der Waals surface area (Å²) in [6.07, 6.45) is 6.03. The minimum atomic E-state index is -3.88. The predicted octanol–water partition coefficient (Wildman–Crippen LogP) is 4.40. The SMILES string of the molecule is C[C@H](C(=O)NC1CCCCC1)N(Cc1ccc(Cl)cc1Cl)C(=O)CN(c1ccc2c(c1)OCCO2)S(C)(=O)=O. The van der Waals surface area contributed by atoms with Gasteiger partial charge in [-0.15, -0.1) is 0 Å². The van der Waals surface area contributed by atoms with E-state index in [4.69, 9.17) is 32.7 Å². The molecule has 9 nitrogen and oxygen atoms in total. The van der Waals surface area contributed by atoms with Gasteiger partial charge < -0.3 is 19.7 Å². The van der Waals surface area contributed by atoms with Gasteiger partial charge in [0.2, 0.25) is 21.8 Å². The highest BCUT2D eigenvalue weighted by Crippen LogP contribution is 2.35. The van der Waals surface area contributed by atoms with Gasteiger partial charge >= 0.3 is 0 Å². The number of nitrogens with one attached hydrogen (secondary N) is 1. The van der Waals surface area contributed by atoms with Gasteiger partial charge in [-0.1, -0.05) is 48.5 Å². The number of hydrogen-bond acceptors (Lipinski definition) is 6. The number of rotatable bonds is 9. The molecule has 0 unspecified atom stereocenters. The second-order valence-corrected chi connectivity index (χ2v) is 12.6. The lowest BCUT2D eigenvalue weighted by molar-refractivity contribution is -0.139. The molecule has 2 amide bonds. The molecular weight excluding hydrogens is 565 g/mol. The molecule has 0 bridgehead atoms. The van der Waals surface area contributed by atoms with Crippen LogP contribution in [-0.2, 0) is 26.2 Å². The fourth-order valence-electron chi connectivity index (χ4n) is 4.79. The summed E-state index contributed by atoms with van der Waals surface area (Å²) < 4.78 is 37.8. The quantitative estimate of drug-likeness (QED) is 0.459. The summed E-state index contributed by atoms with van der Waals surface area (Å²) >= 11 is 12.5. The number of nitrogens with zero attached hydrogens (tertiary/aromatic N) is 2. The molecule has 12 heteroatoms. The lowest BCUT2D eigenvalue weighted by Gasteiger charge is -2.33. The van der Waals surface area contributed by atoms with Crippen LogP contribution >= 0.6 is 23.2 Å². The number of carbonyl (C=O) groups is 2. The maximum atomic E-state index is 13.8. The molecule has 0 saturated heterocycles. The maximum absolute atomic E-state index is 13.8. The van der Waals surface area contributed by atoms with Crippen molar-refractivity contribution in [3.05, 3.63) is 52.0 Å². The smallest absolute Gasteiger partial charge is 0.244 e. The fraction of sp³-hybridized carbons (Fsp3) is 0.481. The van der Waals surface area contributed by atoms with Crippen molar-refractivity contribution in [2.75, 3.05) is 30.3 Å². The first kappa shape index (κ1) is 29.3. The highest BCUT2D eigenvalue weighted by atomic mass is 35.5. The van der Waals surface area contributed by atoms with Crippen molar-refractivity contribution in [3.8, 4) is 11.5 Å². The number of benzene rings is 2. The Kier molecular flexibility index (Phi) is 9.51. The number of fused-ring (bicyclic) bond motifs is 1. The second-order valence-electron chi connectivity index (χ2n) is 9.87.